The van der Waals surface area contributed by atoms with Crippen LogP contribution in [0.3, 0.4) is 0 Å². The molecule has 124 valence electrons. The van der Waals surface area contributed by atoms with Crippen LogP contribution in [0.25, 0.3) is 0 Å². The summed E-state index contributed by atoms with van der Waals surface area (Å²) in [6.45, 7) is 3.12. The van der Waals surface area contributed by atoms with E-state index in [4.69, 9.17) is 4.74 Å². The van der Waals surface area contributed by atoms with Gasteiger partial charge < -0.3 is 9.64 Å². The van der Waals surface area contributed by atoms with E-state index in [9.17, 15) is 9.59 Å². The third-order valence-corrected chi connectivity index (χ3v) is 4.90. The molecule has 2 aliphatic heterocycles. The highest BCUT2D eigenvalue weighted by molar-refractivity contribution is 5.97. The zero-order chi connectivity index (χ0) is 16.4. The second-order valence-corrected chi connectivity index (χ2v) is 6.45. The third kappa shape index (κ3) is 3.11. The van der Waals surface area contributed by atoms with Crippen LogP contribution in [0, 0.1) is 0 Å². The van der Waals surface area contributed by atoms with Crippen molar-refractivity contribution in [1.82, 2.24) is 4.90 Å². The Kier molecular flexibility index (Phi) is 4.66. The number of hydrogen-bond donors (Lipinski definition) is 0. The highest BCUT2D eigenvalue weighted by Crippen LogP contribution is 2.32. The molecule has 0 spiro atoms. The fourth-order valence-electron chi connectivity index (χ4n) is 3.78. The van der Waals surface area contributed by atoms with E-state index in [1.165, 1.54) is 12.7 Å². The third-order valence-electron chi connectivity index (χ3n) is 4.90. The predicted molar refractivity (Wildman–Crippen MR) is 88.3 cm³/mol. The van der Waals surface area contributed by atoms with Gasteiger partial charge in [-0.15, -0.1) is 0 Å². The largest absolute Gasteiger partial charge is 0.468 e. The first-order valence-corrected chi connectivity index (χ1v) is 8.33. The summed E-state index contributed by atoms with van der Waals surface area (Å²) in [5.41, 5.74) is 2.23. The van der Waals surface area contributed by atoms with Gasteiger partial charge in [-0.2, -0.15) is 0 Å². The summed E-state index contributed by atoms with van der Waals surface area (Å²) in [7, 11) is 1.41. The Labute approximate surface area is 137 Å². The van der Waals surface area contributed by atoms with Gasteiger partial charge in [0.25, 0.3) is 0 Å². The number of piperidine rings is 1. The Bertz CT molecular complexity index is 602. The van der Waals surface area contributed by atoms with Crippen LogP contribution < -0.4 is 4.90 Å². The number of carbonyl (C=O) groups excluding carboxylic acids is 2. The van der Waals surface area contributed by atoms with E-state index in [2.05, 4.69) is 13.0 Å². The maximum Gasteiger partial charge on any atom is 0.323 e. The summed E-state index contributed by atoms with van der Waals surface area (Å²) in [4.78, 5) is 28.7. The molecule has 1 saturated heterocycles. The fourth-order valence-corrected chi connectivity index (χ4v) is 3.78. The van der Waals surface area contributed by atoms with Crippen molar-refractivity contribution in [2.75, 3.05) is 25.1 Å². The van der Waals surface area contributed by atoms with E-state index in [1.807, 2.05) is 28.0 Å². The molecule has 3 rings (SSSR count). The maximum absolute atomic E-state index is 12.9. The van der Waals surface area contributed by atoms with Crippen molar-refractivity contribution in [1.29, 1.82) is 0 Å². The lowest BCUT2D eigenvalue weighted by Crippen LogP contribution is -2.51. The molecule has 2 heterocycles. The second kappa shape index (κ2) is 6.71. The van der Waals surface area contributed by atoms with Gasteiger partial charge in [0.1, 0.15) is 6.04 Å². The van der Waals surface area contributed by atoms with Gasteiger partial charge in [-0.25, -0.2) is 0 Å². The number of hydrogen-bond acceptors (Lipinski definition) is 4. The van der Waals surface area contributed by atoms with E-state index in [-0.39, 0.29) is 30.5 Å². The number of amides is 1. The van der Waals surface area contributed by atoms with Gasteiger partial charge >= 0.3 is 5.97 Å². The van der Waals surface area contributed by atoms with Gasteiger partial charge in [-0.3, -0.25) is 14.5 Å². The van der Waals surface area contributed by atoms with Crippen molar-refractivity contribution in [3.05, 3.63) is 29.8 Å². The number of likely N-dealkylation sites (tertiary alicyclic amines) is 1. The maximum atomic E-state index is 12.9. The average Bonchev–Trinajstić information content (AvgIpc) is 2.90. The number of ether oxygens (including phenoxy) is 1. The van der Waals surface area contributed by atoms with Gasteiger partial charge in [0, 0.05) is 11.7 Å². The quantitative estimate of drug-likeness (QED) is 0.800. The van der Waals surface area contributed by atoms with E-state index in [1.54, 1.807) is 0 Å². The van der Waals surface area contributed by atoms with Gasteiger partial charge in [0.2, 0.25) is 5.91 Å². The van der Waals surface area contributed by atoms with Gasteiger partial charge in [-0.1, -0.05) is 24.6 Å². The number of benzene rings is 1. The van der Waals surface area contributed by atoms with Crippen molar-refractivity contribution in [3.8, 4) is 0 Å². The molecule has 2 atom stereocenters. The number of carbonyl (C=O) groups is 2. The molecule has 5 heteroatoms. The molecule has 5 nitrogen and oxygen atoms in total. The lowest BCUT2D eigenvalue weighted by Gasteiger charge is -2.34. The number of rotatable bonds is 3. The molecule has 0 aliphatic carbocycles. The second-order valence-electron chi connectivity index (χ2n) is 6.45. The van der Waals surface area contributed by atoms with Crippen LogP contribution >= 0.6 is 0 Å². The van der Waals surface area contributed by atoms with Crippen LogP contribution in [-0.4, -0.2) is 49.1 Å². The van der Waals surface area contributed by atoms with Crippen LogP contribution in [-0.2, 0) is 20.7 Å². The first-order valence-electron chi connectivity index (χ1n) is 8.33. The molecule has 0 saturated carbocycles. The van der Waals surface area contributed by atoms with Crippen molar-refractivity contribution in [2.24, 2.45) is 0 Å². The minimum absolute atomic E-state index is 0.0678. The molecule has 0 N–H and O–H groups in total. The number of para-hydroxylation sites is 1. The Morgan fingerprint density at radius 1 is 1.26 bits per heavy atom. The molecule has 1 fully saturated rings. The normalized spacial score (nSPS) is 24.3. The Morgan fingerprint density at radius 3 is 2.83 bits per heavy atom. The van der Waals surface area contributed by atoms with E-state index in [0.29, 0.717) is 0 Å². The zero-order valence-electron chi connectivity index (χ0n) is 13.8. The molecular weight excluding hydrogens is 292 g/mol. The molecule has 1 aromatic rings. The van der Waals surface area contributed by atoms with E-state index in [0.717, 1.165) is 37.9 Å². The number of fused-ring (bicyclic) bond motifs is 1. The Hall–Kier alpha value is -1.88. The Balaban J connectivity index is 1.74. The van der Waals surface area contributed by atoms with Gasteiger partial charge in [0.15, 0.2) is 0 Å². The highest BCUT2D eigenvalue weighted by Gasteiger charge is 2.35. The summed E-state index contributed by atoms with van der Waals surface area (Å²) < 4.78 is 4.90. The van der Waals surface area contributed by atoms with Crippen molar-refractivity contribution >= 4 is 17.6 Å². The average molecular weight is 316 g/mol. The van der Waals surface area contributed by atoms with Crippen LogP contribution in [0.5, 0.6) is 0 Å². The SMILES string of the molecule is COC(=O)[C@H]1CCCCN1CC(=O)N1c2ccccc2C[C@@H]1C. The van der Waals surface area contributed by atoms with E-state index < -0.39 is 0 Å². The molecule has 0 radical (unpaired) electrons. The topological polar surface area (TPSA) is 49.9 Å². The summed E-state index contributed by atoms with van der Waals surface area (Å²) in [5, 5.41) is 0. The van der Waals surface area contributed by atoms with Crippen molar-refractivity contribution in [2.45, 2.75) is 44.7 Å². The smallest absolute Gasteiger partial charge is 0.323 e. The lowest BCUT2D eigenvalue weighted by atomic mass is 10.0. The lowest BCUT2D eigenvalue weighted by molar-refractivity contribution is -0.148. The fraction of sp³-hybridized carbons (Fsp3) is 0.556. The monoisotopic (exact) mass is 316 g/mol. The van der Waals surface area contributed by atoms with E-state index >= 15 is 0 Å². The predicted octanol–water partition coefficient (Wildman–Crippen LogP) is 1.99. The van der Waals surface area contributed by atoms with Crippen molar-refractivity contribution in [3.63, 3.8) is 0 Å². The summed E-state index contributed by atoms with van der Waals surface area (Å²) >= 11 is 0. The summed E-state index contributed by atoms with van der Waals surface area (Å²) in [5.74, 6) is -0.161. The Morgan fingerprint density at radius 2 is 2.04 bits per heavy atom. The molecule has 23 heavy (non-hydrogen) atoms. The van der Waals surface area contributed by atoms with Crippen LogP contribution in [0.15, 0.2) is 24.3 Å². The number of anilines is 1. The first kappa shape index (κ1) is 16.0. The first-order chi connectivity index (χ1) is 11.1. The number of esters is 1. The van der Waals surface area contributed by atoms with Gasteiger partial charge in [0.05, 0.1) is 13.7 Å². The molecule has 0 bridgehead atoms. The summed E-state index contributed by atoms with van der Waals surface area (Å²) in [6, 6.07) is 7.95. The molecule has 0 aromatic heterocycles. The van der Waals surface area contributed by atoms with Gasteiger partial charge in [-0.05, 0) is 44.4 Å². The molecule has 0 unspecified atom stereocenters. The summed E-state index contributed by atoms with van der Waals surface area (Å²) in [6.07, 6.45) is 3.69. The molecule has 1 aromatic carbocycles. The van der Waals surface area contributed by atoms with Crippen molar-refractivity contribution < 1.29 is 14.3 Å². The minimum atomic E-state index is -0.286. The van der Waals surface area contributed by atoms with Crippen LogP contribution in [0.1, 0.15) is 31.7 Å². The van der Waals surface area contributed by atoms with Crippen LogP contribution in [0.2, 0.25) is 0 Å². The van der Waals surface area contributed by atoms with Crippen LogP contribution in [0.4, 0.5) is 5.69 Å². The highest BCUT2D eigenvalue weighted by atomic mass is 16.5. The molecule has 2 aliphatic rings. The molecule has 1 amide bonds. The number of nitrogens with zero attached hydrogens (tertiary/aromatic N) is 2. The molecular formula is C18H24N2O3. The zero-order valence-corrected chi connectivity index (χ0v) is 13.8. The number of methoxy groups -OCH3 is 1. The standard InChI is InChI=1S/C18H24N2O3/c1-13-11-14-7-3-4-8-15(14)20(13)17(21)12-19-10-6-5-9-16(19)18(22)23-2/h3-4,7-8,13,16H,5-6,9-12H2,1-2H3/t13-,16+/m0/s1. The minimum Gasteiger partial charge on any atom is -0.468 e.